The van der Waals surface area contributed by atoms with Crippen LogP contribution in [0.15, 0.2) is 59.8 Å². The number of aromatic nitrogens is 1. The molecule has 0 aliphatic heterocycles. The zero-order valence-corrected chi connectivity index (χ0v) is 15.0. The maximum atomic E-state index is 12.5. The number of H-pyrrole nitrogens is 1. The minimum atomic E-state index is -0.273. The second kappa shape index (κ2) is 7.07. The molecule has 3 N–H and O–H groups in total. The second-order valence-electron chi connectivity index (χ2n) is 6.73. The van der Waals surface area contributed by atoms with Crippen molar-refractivity contribution in [3.63, 3.8) is 0 Å². The van der Waals surface area contributed by atoms with E-state index in [1.165, 1.54) is 0 Å². The first-order valence-electron chi connectivity index (χ1n) is 8.94. The average molecular weight is 360 g/mol. The van der Waals surface area contributed by atoms with Gasteiger partial charge in [0, 0.05) is 28.7 Å². The Morgan fingerprint density at radius 3 is 2.74 bits per heavy atom. The number of hydrogen-bond acceptors (Lipinski definition) is 3. The second-order valence-corrected chi connectivity index (χ2v) is 6.73. The van der Waals surface area contributed by atoms with Crippen LogP contribution in [0.2, 0.25) is 0 Å². The first-order valence-corrected chi connectivity index (χ1v) is 8.94. The van der Waals surface area contributed by atoms with Crippen molar-refractivity contribution in [2.24, 2.45) is 11.0 Å². The molecule has 0 atom stereocenters. The van der Waals surface area contributed by atoms with Gasteiger partial charge in [-0.05, 0) is 43.5 Å². The van der Waals surface area contributed by atoms with E-state index < -0.39 is 0 Å². The number of carbonyl (C=O) groups is 2. The Hall–Kier alpha value is -3.41. The van der Waals surface area contributed by atoms with E-state index in [4.69, 9.17) is 0 Å². The van der Waals surface area contributed by atoms with E-state index in [-0.39, 0.29) is 17.7 Å². The quantitative estimate of drug-likeness (QED) is 0.479. The molecule has 1 saturated carbocycles. The van der Waals surface area contributed by atoms with Crippen molar-refractivity contribution in [3.8, 4) is 0 Å². The molecule has 6 nitrogen and oxygen atoms in total. The molecule has 1 fully saturated rings. The predicted octanol–water partition coefficient (Wildman–Crippen LogP) is 3.67. The highest BCUT2D eigenvalue weighted by atomic mass is 16.2. The zero-order chi connectivity index (χ0) is 18.8. The molecule has 0 bridgehead atoms. The molecular formula is C21H20N4O2. The molecule has 136 valence electrons. The Bertz CT molecular complexity index is 1050. The normalized spacial score (nSPS) is 14.2. The van der Waals surface area contributed by atoms with Gasteiger partial charge in [-0.3, -0.25) is 9.59 Å². The highest BCUT2D eigenvalue weighted by molar-refractivity contribution is 6.07. The van der Waals surface area contributed by atoms with Crippen molar-refractivity contribution in [2.45, 2.75) is 19.8 Å². The van der Waals surface area contributed by atoms with Crippen molar-refractivity contribution in [1.29, 1.82) is 0 Å². The molecule has 0 radical (unpaired) electrons. The lowest BCUT2D eigenvalue weighted by Gasteiger charge is -2.07. The molecule has 0 saturated heterocycles. The SMILES string of the molecule is CC(=NNC(=O)c1c[nH]c2ccccc12)c1cccc(NC(=O)C2CC2)c1. The number of amides is 2. The van der Waals surface area contributed by atoms with Crippen molar-refractivity contribution in [2.75, 3.05) is 5.32 Å². The van der Waals surface area contributed by atoms with E-state index >= 15 is 0 Å². The minimum absolute atomic E-state index is 0.0642. The van der Waals surface area contributed by atoms with Gasteiger partial charge in [-0.25, -0.2) is 5.43 Å². The number of nitrogens with zero attached hydrogens (tertiary/aromatic N) is 1. The van der Waals surface area contributed by atoms with E-state index in [0.717, 1.165) is 35.0 Å². The number of fused-ring (bicyclic) bond motifs is 1. The number of carbonyl (C=O) groups excluding carboxylic acids is 2. The van der Waals surface area contributed by atoms with Crippen LogP contribution in [0.3, 0.4) is 0 Å². The van der Waals surface area contributed by atoms with Gasteiger partial charge in [0.05, 0.1) is 11.3 Å². The van der Waals surface area contributed by atoms with Gasteiger partial charge < -0.3 is 10.3 Å². The highest BCUT2D eigenvalue weighted by Gasteiger charge is 2.29. The van der Waals surface area contributed by atoms with Gasteiger partial charge in [0.25, 0.3) is 5.91 Å². The highest BCUT2D eigenvalue weighted by Crippen LogP contribution is 2.30. The molecule has 2 amide bonds. The maximum absolute atomic E-state index is 12.5. The topological polar surface area (TPSA) is 86.3 Å². The smallest absolute Gasteiger partial charge is 0.273 e. The molecule has 1 aliphatic carbocycles. The average Bonchev–Trinajstić information content (AvgIpc) is 3.45. The Labute approximate surface area is 156 Å². The lowest BCUT2D eigenvalue weighted by molar-refractivity contribution is -0.117. The number of benzene rings is 2. The maximum Gasteiger partial charge on any atom is 0.273 e. The van der Waals surface area contributed by atoms with Gasteiger partial charge in [0.2, 0.25) is 5.91 Å². The summed E-state index contributed by atoms with van der Waals surface area (Å²) in [6.45, 7) is 1.82. The Kier molecular flexibility index (Phi) is 4.46. The number of hydrazone groups is 1. The van der Waals surface area contributed by atoms with Gasteiger partial charge in [-0.15, -0.1) is 0 Å². The summed E-state index contributed by atoms with van der Waals surface area (Å²) >= 11 is 0. The first kappa shape index (κ1) is 17.0. The minimum Gasteiger partial charge on any atom is -0.360 e. The lowest BCUT2D eigenvalue weighted by Crippen LogP contribution is -2.19. The lowest BCUT2D eigenvalue weighted by atomic mass is 10.1. The largest absolute Gasteiger partial charge is 0.360 e. The number of rotatable bonds is 5. The summed E-state index contributed by atoms with van der Waals surface area (Å²) in [6, 6.07) is 15.1. The van der Waals surface area contributed by atoms with Crippen LogP contribution in [-0.2, 0) is 4.79 Å². The molecule has 1 heterocycles. The van der Waals surface area contributed by atoms with Crippen molar-refractivity contribution in [1.82, 2.24) is 10.4 Å². The third-order valence-electron chi connectivity index (χ3n) is 4.66. The van der Waals surface area contributed by atoms with Gasteiger partial charge in [0.15, 0.2) is 0 Å². The molecule has 6 heteroatoms. The van der Waals surface area contributed by atoms with Crippen LogP contribution in [0.4, 0.5) is 5.69 Å². The van der Waals surface area contributed by atoms with Crippen LogP contribution in [0.1, 0.15) is 35.7 Å². The molecule has 1 aliphatic rings. The van der Waals surface area contributed by atoms with Gasteiger partial charge >= 0.3 is 0 Å². The third kappa shape index (κ3) is 3.74. The summed E-state index contributed by atoms with van der Waals surface area (Å²) in [7, 11) is 0. The predicted molar refractivity (Wildman–Crippen MR) is 106 cm³/mol. The van der Waals surface area contributed by atoms with Crippen LogP contribution >= 0.6 is 0 Å². The molecule has 2 aromatic carbocycles. The Morgan fingerprint density at radius 1 is 1.11 bits per heavy atom. The van der Waals surface area contributed by atoms with Crippen molar-refractivity contribution >= 4 is 34.1 Å². The number of aromatic amines is 1. The van der Waals surface area contributed by atoms with E-state index in [1.807, 2.05) is 55.5 Å². The summed E-state index contributed by atoms with van der Waals surface area (Å²) in [5, 5.41) is 7.99. The first-order chi connectivity index (χ1) is 13.1. The van der Waals surface area contributed by atoms with Crippen molar-refractivity contribution < 1.29 is 9.59 Å². The standard InChI is InChI=1S/C21H20N4O2/c1-13(15-5-4-6-16(11-15)23-20(26)14-9-10-14)24-25-21(27)18-12-22-19-8-3-2-7-17(18)19/h2-8,11-12,14,22H,9-10H2,1H3,(H,23,26)(H,25,27). The Balaban J connectivity index is 1.47. The summed E-state index contributed by atoms with van der Waals surface area (Å²) in [6.07, 6.45) is 3.61. The fraction of sp³-hybridized carbons (Fsp3) is 0.190. The van der Waals surface area contributed by atoms with Gasteiger partial charge in [-0.2, -0.15) is 5.10 Å². The molecule has 4 rings (SSSR count). The zero-order valence-electron chi connectivity index (χ0n) is 15.0. The number of nitrogens with one attached hydrogen (secondary N) is 3. The summed E-state index contributed by atoms with van der Waals surface area (Å²) in [4.78, 5) is 27.4. The van der Waals surface area contributed by atoms with E-state index in [2.05, 4.69) is 20.8 Å². The number of anilines is 1. The summed E-state index contributed by atoms with van der Waals surface area (Å²) in [5.74, 6) is -0.0572. The van der Waals surface area contributed by atoms with E-state index in [1.54, 1.807) is 6.20 Å². The summed E-state index contributed by atoms with van der Waals surface area (Å²) < 4.78 is 0. The molecule has 0 spiro atoms. The van der Waals surface area contributed by atoms with Crippen LogP contribution in [0.25, 0.3) is 10.9 Å². The van der Waals surface area contributed by atoms with Crippen molar-refractivity contribution in [3.05, 3.63) is 65.9 Å². The molecule has 3 aromatic rings. The van der Waals surface area contributed by atoms with E-state index in [0.29, 0.717) is 11.3 Å². The fourth-order valence-electron chi connectivity index (χ4n) is 2.93. The van der Waals surface area contributed by atoms with Gasteiger partial charge in [0.1, 0.15) is 0 Å². The fourth-order valence-corrected chi connectivity index (χ4v) is 2.93. The Morgan fingerprint density at radius 2 is 1.93 bits per heavy atom. The molecule has 0 unspecified atom stereocenters. The molecule has 27 heavy (non-hydrogen) atoms. The van der Waals surface area contributed by atoms with Crippen LogP contribution in [-0.4, -0.2) is 22.5 Å². The number of para-hydroxylation sites is 1. The number of hydrogen-bond donors (Lipinski definition) is 3. The van der Waals surface area contributed by atoms with E-state index in [9.17, 15) is 9.59 Å². The molecular weight excluding hydrogens is 340 g/mol. The van der Waals surface area contributed by atoms with Crippen LogP contribution < -0.4 is 10.7 Å². The third-order valence-corrected chi connectivity index (χ3v) is 4.66. The summed E-state index contributed by atoms with van der Waals surface area (Å²) in [5.41, 5.74) is 6.29. The molecule has 1 aromatic heterocycles. The van der Waals surface area contributed by atoms with Gasteiger partial charge in [-0.1, -0.05) is 30.3 Å². The van der Waals surface area contributed by atoms with Crippen LogP contribution in [0, 0.1) is 5.92 Å². The monoisotopic (exact) mass is 360 g/mol. The van der Waals surface area contributed by atoms with Crippen LogP contribution in [0.5, 0.6) is 0 Å².